The molecule has 0 radical (unpaired) electrons. The smallest absolute Gasteiger partial charge is 0.391 e. The van der Waals surface area contributed by atoms with E-state index >= 15 is 0 Å². The molecule has 0 heterocycles. The molecule has 0 bridgehead atoms. The Hall–Kier alpha value is -2.58. The maximum Gasteiger partial charge on any atom is 0.472 e. The minimum atomic E-state index is -4.35. The largest absolute Gasteiger partial charge is 0.472 e. The average molecular weight is 1180 g/mol. The molecule has 1 amide bonds. The lowest BCUT2D eigenvalue weighted by Crippen LogP contribution is -2.46. The van der Waals surface area contributed by atoms with Gasteiger partial charge in [0.05, 0.1) is 39.9 Å². The SMILES string of the molecule is CC/C=C\C/C=C\C/C=C\C/C=C\C/C=C\C/C=C\C/C=C\C/C=C\CCCCCCC(=O)NC(COP(=O)(O)OCC[N+](C)(C)C)C(O)CCCCCCCCCCCCCCCCCCCCCCCCCCCCCCCCCC. The van der Waals surface area contributed by atoms with Crippen molar-refractivity contribution in [3.8, 4) is 0 Å². The quantitative estimate of drug-likeness (QED) is 0.0243. The Kier molecular flexibility index (Phi) is 61.9. The first-order valence-corrected chi connectivity index (χ1v) is 36.6. The van der Waals surface area contributed by atoms with E-state index in [-0.39, 0.29) is 19.1 Å². The third kappa shape index (κ3) is 66.8. The number of rotatable bonds is 64. The number of hydrogen-bond donors (Lipinski definition) is 3. The Morgan fingerprint density at radius 3 is 1.06 bits per heavy atom. The standard InChI is InChI=1S/C74H135N2O6P/c1-6-8-10-12-14-16-18-20-22-24-26-28-30-32-34-36-37-38-40-41-43-45-47-49-51-53-55-57-59-61-63-65-67-73(77)72(71-82-83(79,80)81-70-69-76(3,4)5)75-74(78)68-66-64-62-60-58-56-54-52-50-48-46-44-42-39-35-33-31-29-27-25-23-21-19-17-15-13-11-9-7-2/h9,11,15,17,21,23,27,29,33,35,42,44,48,50,54,56,72-73,77H,6-8,10,12-14,16,18-20,22,24-26,28,30-32,34,36-41,43,45-47,49,51-53,55,57-71H2,1-5H3,(H-,75,78,79,80)/p+1/b11-9-,17-15-,23-21-,29-27-,35-33-,44-42-,50-48-,56-54-. The molecule has 0 aliphatic carbocycles. The summed E-state index contributed by atoms with van der Waals surface area (Å²) in [6, 6.07) is -0.784. The van der Waals surface area contributed by atoms with E-state index in [1.165, 1.54) is 186 Å². The highest BCUT2D eigenvalue weighted by atomic mass is 31.2. The number of aliphatic hydroxyl groups excluding tert-OH is 1. The zero-order valence-electron chi connectivity index (χ0n) is 55.2. The van der Waals surface area contributed by atoms with E-state index in [2.05, 4.69) is 116 Å². The van der Waals surface area contributed by atoms with Gasteiger partial charge in [-0.25, -0.2) is 4.57 Å². The van der Waals surface area contributed by atoms with Crippen LogP contribution in [-0.4, -0.2) is 73.4 Å². The molecule has 0 saturated carbocycles. The topological polar surface area (TPSA) is 105 Å². The van der Waals surface area contributed by atoms with E-state index in [4.69, 9.17) is 9.05 Å². The number of nitrogens with one attached hydrogen (secondary N) is 1. The number of allylic oxidation sites excluding steroid dienone is 16. The van der Waals surface area contributed by atoms with E-state index in [1.54, 1.807) is 0 Å². The molecular formula is C74H136N2O6P+. The number of phosphoric ester groups is 1. The number of aliphatic hydroxyl groups is 1. The normalized spacial score (nSPS) is 14.3. The molecule has 3 atom stereocenters. The number of nitrogens with zero attached hydrogens (tertiary/aromatic N) is 1. The summed E-state index contributed by atoms with van der Waals surface area (Å²) in [6.07, 6.45) is 92.3. The van der Waals surface area contributed by atoms with Crippen LogP contribution in [0.3, 0.4) is 0 Å². The first kappa shape index (κ1) is 80.4. The van der Waals surface area contributed by atoms with Crippen molar-refractivity contribution in [3.05, 3.63) is 97.2 Å². The maximum atomic E-state index is 13.1. The number of carbonyl (C=O) groups excluding carboxylic acids is 1. The molecule has 0 aliphatic rings. The van der Waals surface area contributed by atoms with Crippen LogP contribution >= 0.6 is 7.82 Å². The Labute approximate surface area is 515 Å². The number of unbranched alkanes of at least 4 members (excludes halogenated alkanes) is 35. The van der Waals surface area contributed by atoms with Gasteiger partial charge in [-0.1, -0.05) is 329 Å². The van der Waals surface area contributed by atoms with E-state index in [9.17, 15) is 19.4 Å². The lowest BCUT2D eigenvalue weighted by molar-refractivity contribution is -0.870. The fourth-order valence-corrected chi connectivity index (χ4v) is 10.9. The maximum absolute atomic E-state index is 13.1. The van der Waals surface area contributed by atoms with Crippen LogP contribution < -0.4 is 5.32 Å². The van der Waals surface area contributed by atoms with Crippen LogP contribution in [0.2, 0.25) is 0 Å². The average Bonchev–Trinajstić information content (AvgIpc) is 3.50. The second kappa shape index (κ2) is 63.9. The van der Waals surface area contributed by atoms with Crippen LogP contribution in [0.1, 0.15) is 316 Å². The van der Waals surface area contributed by atoms with Crippen LogP contribution in [-0.2, 0) is 18.4 Å². The molecule has 3 unspecified atom stereocenters. The van der Waals surface area contributed by atoms with Crippen molar-refractivity contribution in [2.24, 2.45) is 0 Å². The lowest BCUT2D eigenvalue weighted by Gasteiger charge is -2.26. The molecule has 9 heteroatoms. The Balaban J connectivity index is 4.12. The molecule has 0 fully saturated rings. The molecular weight excluding hydrogens is 1040 g/mol. The summed E-state index contributed by atoms with van der Waals surface area (Å²) in [7, 11) is 1.59. The van der Waals surface area contributed by atoms with E-state index in [0.717, 1.165) is 103 Å². The number of amides is 1. The van der Waals surface area contributed by atoms with E-state index in [0.29, 0.717) is 23.9 Å². The van der Waals surface area contributed by atoms with Gasteiger partial charge in [0.1, 0.15) is 13.2 Å². The summed E-state index contributed by atoms with van der Waals surface area (Å²) in [5, 5.41) is 14.1. The van der Waals surface area contributed by atoms with Crippen LogP contribution in [0.4, 0.5) is 0 Å². The van der Waals surface area contributed by atoms with Crippen molar-refractivity contribution in [2.45, 2.75) is 328 Å². The molecule has 0 aromatic heterocycles. The molecule has 0 aromatic rings. The molecule has 0 aliphatic heterocycles. The van der Waals surface area contributed by atoms with Gasteiger partial charge in [0.2, 0.25) is 5.91 Å². The Bertz CT molecular complexity index is 1670. The molecule has 0 aromatic carbocycles. The van der Waals surface area contributed by atoms with Gasteiger partial charge < -0.3 is 19.8 Å². The molecule has 0 saturated heterocycles. The fourth-order valence-electron chi connectivity index (χ4n) is 10.2. The summed E-state index contributed by atoms with van der Waals surface area (Å²) < 4.78 is 23.9. The number of carbonyl (C=O) groups is 1. The van der Waals surface area contributed by atoms with Crippen molar-refractivity contribution in [1.82, 2.24) is 5.32 Å². The van der Waals surface area contributed by atoms with Gasteiger partial charge in [0.25, 0.3) is 0 Å². The first-order valence-electron chi connectivity index (χ1n) is 35.1. The molecule has 0 spiro atoms. The van der Waals surface area contributed by atoms with Crippen LogP contribution in [0, 0.1) is 0 Å². The van der Waals surface area contributed by atoms with Crippen molar-refractivity contribution >= 4 is 13.7 Å². The van der Waals surface area contributed by atoms with Gasteiger partial charge in [0.15, 0.2) is 0 Å². The van der Waals surface area contributed by atoms with Crippen molar-refractivity contribution in [3.63, 3.8) is 0 Å². The first-order chi connectivity index (χ1) is 40.5. The summed E-state index contributed by atoms with van der Waals surface area (Å²) in [5.41, 5.74) is 0. The highest BCUT2D eigenvalue weighted by molar-refractivity contribution is 7.47. The fraction of sp³-hybridized carbons (Fsp3) is 0.770. The molecule has 482 valence electrons. The number of phosphoric acid groups is 1. The minimum absolute atomic E-state index is 0.0646. The zero-order chi connectivity index (χ0) is 60.5. The summed E-state index contributed by atoms with van der Waals surface area (Å²) in [6.45, 7) is 4.78. The molecule has 3 N–H and O–H groups in total. The predicted molar refractivity (Wildman–Crippen MR) is 364 cm³/mol. The monoisotopic (exact) mass is 1180 g/mol. The minimum Gasteiger partial charge on any atom is -0.391 e. The van der Waals surface area contributed by atoms with Crippen LogP contribution in [0.5, 0.6) is 0 Å². The number of quaternary nitrogens is 1. The Morgan fingerprint density at radius 2 is 0.723 bits per heavy atom. The number of likely N-dealkylation sites (N-methyl/N-ethyl adjacent to an activating group) is 1. The number of hydrogen-bond acceptors (Lipinski definition) is 5. The van der Waals surface area contributed by atoms with Gasteiger partial charge in [-0.05, 0) is 77.0 Å². The van der Waals surface area contributed by atoms with Gasteiger partial charge >= 0.3 is 7.82 Å². The van der Waals surface area contributed by atoms with E-state index in [1.807, 2.05) is 21.1 Å². The van der Waals surface area contributed by atoms with Gasteiger partial charge in [0, 0.05) is 6.42 Å². The molecule has 0 rings (SSSR count). The zero-order valence-corrected chi connectivity index (χ0v) is 56.1. The van der Waals surface area contributed by atoms with Crippen molar-refractivity contribution < 1.29 is 32.9 Å². The van der Waals surface area contributed by atoms with Crippen LogP contribution in [0.25, 0.3) is 0 Å². The van der Waals surface area contributed by atoms with Crippen molar-refractivity contribution in [1.29, 1.82) is 0 Å². The summed E-state index contributed by atoms with van der Waals surface area (Å²) in [5.74, 6) is -0.168. The second-order valence-electron chi connectivity index (χ2n) is 24.9. The highest BCUT2D eigenvalue weighted by Crippen LogP contribution is 2.43. The second-order valence-corrected chi connectivity index (χ2v) is 26.3. The molecule has 83 heavy (non-hydrogen) atoms. The Morgan fingerprint density at radius 1 is 0.422 bits per heavy atom. The van der Waals surface area contributed by atoms with Crippen molar-refractivity contribution in [2.75, 3.05) is 40.9 Å². The highest BCUT2D eigenvalue weighted by Gasteiger charge is 2.28. The van der Waals surface area contributed by atoms with Crippen LogP contribution in [0.15, 0.2) is 97.2 Å². The third-order valence-corrected chi connectivity index (χ3v) is 16.6. The summed E-state index contributed by atoms with van der Waals surface area (Å²) >= 11 is 0. The van der Waals surface area contributed by atoms with Gasteiger partial charge in [-0.3, -0.25) is 13.8 Å². The predicted octanol–water partition coefficient (Wildman–Crippen LogP) is 22.5. The van der Waals surface area contributed by atoms with E-state index < -0.39 is 20.0 Å². The van der Waals surface area contributed by atoms with Gasteiger partial charge in [-0.2, -0.15) is 0 Å². The third-order valence-electron chi connectivity index (χ3n) is 15.6. The molecule has 8 nitrogen and oxygen atoms in total. The lowest BCUT2D eigenvalue weighted by atomic mass is 10.0. The summed E-state index contributed by atoms with van der Waals surface area (Å²) in [4.78, 5) is 23.4. The van der Waals surface area contributed by atoms with Gasteiger partial charge in [-0.15, -0.1) is 0 Å².